The molecular weight excluding hydrogens is 442 g/mol. The van der Waals surface area contributed by atoms with Crippen molar-refractivity contribution in [2.45, 2.75) is 0 Å². The third kappa shape index (κ3) is 3.53. The van der Waals surface area contributed by atoms with Crippen molar-refractivity contribution in [3.05, 3.63) is 87.8 Å². The maximum Gasteiger partial charge on any atom is 0.112 e. The van der Waals surface area contributed by atoms with E-state index in [9.17, 15) is 0 Å². The van der Waals surface area contributed by atoms with Crippen LogP contribution in [0.25, 0.3) is 0 Å². The van der Waals surface area contributed by atoms with Gasteiger partial charge in [-0.15, -0.1) is 0 Å². The van der Waals surface area contributed by atoms with Crippen LogP contribution in [-0.4, -0.2) is 13.3 Å². The van der Waals surface area contributed by atoms with Gasteiger partial charge in [-0.25, -0.2) is 0 Å². The number of hydrazine groups is 1. The minimum Gasteiger partial charge on any atom is -0.332 e. The first-order valence-electron chi connectivity index (χ1n) is 8.07. The number of hydrogen-bond donors (Lipinski definition) is 0. The Balaban J connectivity index is 1.73. The summed E-state index contributed by atoms with van der Waals surface area (Å²) in [5, 5.41) is 4.61. The first-order valence-corrected chi connectivity index (χ1v) is 9.65. The van der Waals surface area contributed by atoms with Crippen molar-refractivity contribution in [2.75, 3.05) is 28.3 Å². The van der Waals surface area contributed by atoms with E-state index in [2.05, 4.69) is 126 Å². The van der Waals surface area contributed by atoms with Crippen LogP contribution in [-0.2, 0) is 0 Å². The highest BCUT2D eigenvalue weighted by molar-refractivity contribution is 9.10. The van der Waals surface area contributed by atoms with E-state index in [4.69, 9.17) is 0 Å². The molecule has 3 aromatic rings. The molecule has 1 aliphatic rings. The van der Waals surface area contributed by atoms with Crippen LogP contribution in [0.5, 0.6) is 0 Å². The second kappa shape index (κ2) is 7.10. The van der Waals surface area contributed by atoms with Crippen molar-refractivity contribution in [3.63, 3.8) is 0 Å². The molecule has 4 rings (SSSR count). The minimum atomic E-state index is 0.799. The van der Waals surface area contributed by atoms with Crippen LogP contribution >= 0.6 is 31.9 Å². The van der Waals surface area contributed by atoms with Gasteiger partial charge >= 0.3 is 0 Å². The van der Waals surface area contributed by atoms with Crippen LogP contribution in [0.3, 0.4) is 0 Å². The van der Waals surface area contributed by atoms with Gasteiger partial charge in [0, 0.05) is 14.6 Å². The molecule has 0 atom stereocenters. The zero-order chi connectivity index (χ0) is 17.2. The van der Waals surface area contributed by atoms with Crippen molar-refractivity contribution in [2.24, 2.45) is 0 Å². The van der Waals surface area contributed by atoms with Crippen molar-refractivity contribution in [1.29, 1.82) is 0 Å². The van der Waals surface area contributed by atoms with Crippen LogP contribution in [0.15, 0.2) is 87.8 Å². The van der Waals surface area contributed by atoms with Gasteiger partial charge in [-0.3, -0.25) is 10.0 Å². The molecular formula is C20H17Br2N3. The average Bonchev–Trinajstić information content (AvgIpc) is 3.08. The van der Waals surface area contributed by atoms with Crippen molar-refractivity contribution in [1.82, 2.24) is 0 Å². The molecule has 0 spiro atoms. The standard InChI is InChI=1S/C20H17Br2N3/c21-16-6-4-10-19(12-16)24-14-23(18-8-2-1-3-9-18)15-25(24)20-11-5-7-17(22)13-20/h1-13H,14-15H2. The van der Waals surface area contributed by atoms with Crippen LogP contribution in [0.4, 0.5) is 17.1 Å². The van der Waals surface area contributed by atoms with Crippen molar-refractivity contribution >= 4 is 48.9 Å². The zero-order valence-electron chi connectivity index (χ0n) is 13.5. The van der Waals surface area contributed by atoms with Gasteiger partial charge in [0.1, 0.15) is 13.3 Å². The Morgan fingerprint density at radius 2 is 1.04 bits per heavy atom. The molecule has 1 saturated heterocycles. The van der Waals surface area contributed by atoms with Gasteiger partial charge in [-0.2, -0.15) is 0 Å². The Morgan fingerprint density at radius 3 is 1.52 bits per heavy atom. The van der Waals surface area contributed by atoms with E-state index < -0.39 is 0 Å². The lowest BCUT2D eigenvalue weighted by Gasteiger charge is -2.30. The lowest BCUT2D eigenvalue weighted by Crippen LogP contribution is -2.36. The summed E-state index contributed by atoms with van der Waals surface area (Å²) in [6.07, 6.45) is 0. The molecule has 1 fully saturated rings. The molecule has 0 bridgehead atoms. The Kier molecular flexibility index (Phi) is 4.68. The largest absolute Gasteiger partial charge is 0.332 e. The van der Waals surface area contributed by atoms with Crippen LogP contribution < -0.4 is 14.9 Å². The van der Waals surface area contributed by atoms with Gasteiger partial charge in [-0.05, 0) is 48.5 Å². The van der Waals surface area contributed by atoms with Gasteiger partial charge in [0.15, 0.2) is 0 Å². The number of halogens is 2. The normalized spacial score (nSPS) is 14.2. The number of nitrogens with zero attached hydrogens (tertiary/aromatic N) is 3. The highest BCUT2D eigenvalue weighted by Crippen LogP contribution is 2.32. The number of anilines is 3. The first-order chi connectivity index (χ1) is 12.2. The highest BCUT2D eigenvalue weighted by Gasteiger charge is 2.29. The topological polar surface area (TPSA) is 9.72 Å². The number of rotatable bonds is 3. The predicted molar refractivity (Wildman–Crippen MR) is 112 cm³/mol. The molecule has 0 N–H and O–H groups in total. The van der Waals surface area contributed by atoms with Crippen LogP contribution in [0.2, 0.25) is 0 Å². The molecule has 3 nitrogen and oxygen atoms in total. The lowest BCUT2D eigenvalue weighted by molar-refractivity contribution is 0.890. The Labute approximate surface area is 164 Å². The minimum absolute atomic E-state index is 0.799. The lowest BCUT2D eigenvalue weighted by atomic mass is 10.3. The van der Waals surface area contributed by atoms with E-state index in [0.717, 1.165) is 33.7 Å². The molecule has 1 aliphatic heterocycles. The van der Waals surface area contributed by atoms with Crippen molar-refractivity contribution < 1.29 is 0 Å². The molecule has 0 radical (unpaired) electrons. The van der Waals surface area contributed by atoms with Crippen LogP contribution in [0.1, 0.15) is 0 Å². The summed E-state index contributed by atoms with van der Waals surface area (Å²) in [5.74, 6) is 0. The summed E-state index contributed by atoms with van der Waals surface area (Å²) in [7, 11) is 0. The molecule has 25 heavy (non-hydrogen) atoms. The molecule has 0 unspecified atom stereocenters. The average molecular weight is 459 g/mol. The molecule has 0 aromatic heterocycles. The van der Waals surface area contributed by atoms with Gasteiger partial charge in [0.05, 0.1) is 11.4 Å². The molecule has 126 valence electrons. The highest BCUT2D eigenvalue weighted by atomic mass is 79.9. The number of benzene rings is 3. The second-order valence-corrected chi connectivity index (χ2v) is 7.75. The van der Waals surface area contributed by atoms with Crippen molar-refractivity contribution in [3.8, 4) is 0 Å². The molecule has 3 aromatic carbocycles. The Bertz CT molecular complexity index is 816. The van der Waals surface area contributed by atoms with E-state index in [1.54, 1.807) is 0 Å². The fourth-order valence-corrected chi connectivity index (χ4v) is 3.81. The second-order valence-electron chi connectivity index (χ2n) is 5.92. The van der Waals surface area contributed by atoms with E-state index in [1.165, 1.54) is 5.69 Å². The summed E-state index contributed by atoms with van der Waals surface area (Å²) in [5.41, 5.74) is 3.54. The van der Waals surface area contributed by atoms with Gasteiger partial charge in [0.2, 0.25) is 0 Å². The van der Waals surface area contributed by atoms with Gasteiger partial charge in [0.25, 0.3) is 0 Å². The fourth-order valence-electron chi connectivity index (χ4n) is 3.04. The number of hydrogen-bond acceptors (Lipinski definition) is 3. The first kappa shape index (κ1) is 16.5. The predicted octanol–water partition coefficient (Wildman–Crippen LogP) is 5.87. The molecule has 0 amide bonds. The van der Waals surface area contributed by atoms with Gasteiger partial charge < -0.3 is 4.90 Å². The molecule has 5 heteroatoms. The van der Waals surface area contributed by atoms with E-state index in [1.807, 2.05) is 0 Å². The zero-order valence-corrected chi connectivity index (χ0v) is 16.7. The fraction of sp³-hybridized carbons (Fsp3) is 0.100. The summed E-state index contributed by atoms with van der Waals surface area (Å²) < 4.78 is 2.16. The maximum absolute atomic E-state index is 3.59. The van der Waals surface area contributed by atoms with E-state index in [0.29, 0.717) is 0 Å². The third-order valence-electron chi connectivity index (χ3n) is 4.23. The summed E-state index contributed by atoms with van der Waals surface area (Å²) >= 11 is 7.18. The molecule has 1 heterocycles. The number of para-hydroxylation sites is 1. The summed E-state index contributed by atoms with van der Waals surface area (Å²) in [6.45, 7) is 1.60. The Hall–Kier alpha value is -1.98. The monoisotopic (exact) mass is 457 g/mol. The Morgan fingerprint density at radius 1 is 0.560 bits per heavy atom. The molecule has 0 saturated carbocycles. The smallest absolute Gasteiger partial charge is 0.112 e. The van der Waals surface area contributed by atoms with Crippen LogP contribution in [0, 0.1) is 0 Å². The third-order valence-corrected chi connectivity index (χ3v) is 5.22. The quantitative estimate of drug-likeness (QED) is 0.485. The van der Waals surface area contributed by atoms with E-state index >= 15 is 0 Å². The van der Waals surface area contributed by atoms with Gasteiger partial charge in [-0.1, -0.05) is 62.2 Å². The maximum atomic E-state index is 3.59. The summed E-state index contributed by atoms with van der Waals surface area (Å²) in [6, 6.07) is 27.4. The SMILES string of the molecule is Brc1cccc(N2CN(c3ccccc3)CN2c2cccc(Br)c2)c1. The molecule has 0 aliphatic carbocycles. The summed E-state index contributed by atoms with van der Waals surface area (Å²) in [4.78, 5) is 2.36. The van der Waals surface area contributed by atoms with E-state index in [-0.39, 0.29) is 0 Å².